The van der Waals surface area contributed by atoms with Gasteiger partial charge in [-0.05, 0) is 46.2 Å². The lowest BCUT2D eigenvalue weighted by Crippen LogP contribution is -2.40. The Morgan fingerprint density at radius 3 is 2.65 bits per heavy atom. The minimum atomic E-state index is 0.195. The fourth-order valence-corrected chi connectivity index (χ4v) is 3.02. The number of likely N-dealkylation sites (tertiary alicyclic amines) is 1. The highest BCUT2D eigenvalue weighted by atomic mass is 16.5. The third-order valence-electron chi connectivity index (χ3n) is 3.94. The molecule has 1 atom stereocenters. The maximum absolute atomic E-state index is 5.90. The van der Waals surface area contributed by atoms with Gasteiger partial charge in [0.1, 0.15) is 12.4 Å². The molecule has 1 aromatic rings. The van der Waals surface area contributed by atoms with Crippen LogP contribution in [0.25, 0.3) is 0 Å². The Kier molecular flexibility index (Phi) is 5.06. The zero-order chi connectivity index (χ0) is 14.6. The first-order valence-corrected chi connectivity index (χ1v) is 7.51. The van der Waals surface area contributed by atoms with Crippen LogP contribution in [0.3, 0.4) is 0 Å². The summed E-state index contributed by atoms with van der Waals surface area (Å²) in [5, 5.41) is 0. The van der Waals surface area contributed by atoms with E-state index in [0.29, 0.717) is 19.3 Å². The van der Waals surface area contributed by atoms with E-state index in [1.54, 1.807) is 7.11 Å². The fourth-order valence-electron chi connectivity index (χ4n) is 3.02. The molecule has 1 unspecified atom stereocenters. The molecule has 0 aromatic heterocycles. The lowest BCUT2D eigenvalue weighted by atomic mass is 9.98. The van der Waals surface area contributed by atoms with Crippen LogP contribution in [-0.4, -0.2) is 37.3 Å². The van der Waals surface area contributed by atoms with Crippen LogP contribution in [0.2, 0.25) is 0 Å². The maximum atomic E-state index is 5.90. The van der Waals surface area contributed by atoms with Crippen LogP contribution >= 0.6 is 0 Å². The van der Waals surface area contributed by atoms with Crippen molar-refractivity contribution in [1.29, 1.82) is 0 Å². The molecule has 2 rings (SSSR count). The van der Waals surface area contributed by atoms with Gasteiger partial charge >= 0.3 is 0 Å². The summed E-state index contributed by atoms with van der Waals surface area (Å²) in [6.07, 6.45) is 2.47. The second kappa shape index (κ2) is 6.59. The summed E-state index contributed by atoms with van der Waals surface area (Å²) >= 11 is 0. The van der Waals surface area contributed by atoms with Gasteiger partial charge in [0.15, 0.2) is 0 Å². The quantitative estimate of drug-likeness (QED) is 0.767. The Morgan fingerprint density at radius 1 is 1.20 bits per heavy atom. The Morgan fingerprint density at radius 2 is 1.95 bits per heavy atom. The summed E-state index contributed by atoms with van der Waals surface area (Å²) in [6.45, 7) is 9.28. The minimum absolute atomic E-state index is 0.195. The summed E-state index contributed by atoms with van der Waals surface area (Å²) in [4.78, 5) is 2.59. The minimum Gasteiger partial charge on any atom is -0.491 e. The smallest absolute Gasteiger partial charge is 0.124 e. The van der Waals surface area contributed by atoms with E-state index in [1.807, 2.05) is 6.07 Å². The van der Waals surface area contributed by atoms with Crippen LogP contribution in [0, 0.1) is 0 Å². The normalized spacial score (nSPS) is 20.3. The number of benzene rings is 1. The van der Waals surface area contributed by atoms with E-state index in [-0.39, 0.29) is 5.54 Å². The van der Waals surface area contributed by atoms with Gasteiger partial charge in [-0.3, -0.25) is 4.90 Å². The summed E-state index contributed by atoms with van der Waals surface area (Å²) in [5.74, 6) is 1.01. The maximum Gasteiger partial charge on any atom is 0.124 e. The SMILES string of the molecule is COCCOc1ccccc1C1CCCN1C(C)(C)C. The first-order valence-electron chi connectivity index (χ1n) is 7.51. The van der Waals surface area contributed by atoms with Gasteiger partial charge in [-0.25, -0.2) is 0 Å². The van der Waals surface area contributed by atoms with Crippen LogP contribution in [0.1, 0.15) is 45.2 Å². The molecule has 1 aliphatic heterocycles. The van der Waals surface area contributed by atoms with Crippen molar-refractivity contribution in [2.24, 2.45) is 0 Å². The highest BCUT2D eigenvalue weighted by Crippen LogP contribution is 2.40. The average Bonchev–Trinajstić information content (AvgIpc) is 2.89. The van der Waals surface area contributed by atoms with Gasteiger partial charge in [0.25, 0.3) is 0 Å². The van der Waals surface area contributed by atoms with Crippen LogP contribution in [0.15, 0.2) is 24.3 Å². The molecule has 0 saturated carbocycles. The lowest BCUT2D eigenvalue weighted by Gasteiger charge is -2.37. The molecule has 1 saturated heterocycles. The summed E-state index contributed by atoms with van der Waals surface area (Å²) < 4.78 is 11.0. The Labute approximate surface area is 122 Å². The monoisotopic (exact) mass is 277 g/mol. The second-order valence-electron chi connectivity index (χ2n) is 6.40. The van der Waals surface area contributed by atoms with Crippen molar-refractivity contribution >= 4 is 0 Å². The van der Waals surface area contributed by atoms with Crippen molar-refractivity contribution in [2.45, 2.75) is 45.2 Å². The van der Waals surface area contributed by atoms with Crippen molar-refractivity contribution in [1.82, 2.24) is 4.90 Å². The number of hydrogen-bond acceptors (Lipinski definition) is 3. The van der Waals surface area contributed by atoms with Crippen molar-refractivity contribution in [3.8, 4) is 5.75 Å². The molecule has 3 nitrogen and oxygen atoms in total. The predicted octanol–water partition coefficient (Wildman–Crippen LogP) is 3.65. The van der Waals surface area contributed by atoms with Crippen LogP contribution in [0.4, 0.5) is 0 Å². The Bertz CT molecular complexity index is 425. The van der Waals surface area contributed by atoms with Gasteiger partial charge in [-0.1, -0.05) is 18.2 Å². The molecule has 3 heteroatoms. The fraction of sp³-hybridized carbons (Fsp3) is 0.647. The predicted molar refractivity (Wildman–Crippen MR) is 82.2 cm³/mol. The number of rotatable bonds is 5. The van der Waals surface area contributed by atoms with E-state index >= 15 is 0 Å². The van der Waals surface area contributed by atoms with Gasteiger partial charge in [0.2, 0.25) is 0 Å². The third-order valence-corrected chi connectivity index (χ3v) is 3.94. The van der Waals surface area contributed by atoms with Crippen LogP contribution in [0.5, 0.6) is 5.75 Å². The molecule has 1 fully saturated rings. The molecule has 0 spiro atoms. The highest BCUT2D eigenvalue weighted by molar-refractivity contribution is 5.36. The van der Waals surface area contributed by atoms with Crippen molar-refractivity contribution in [2.75, 3.05) is 26.9 Å². The van der Waals surface area contributed by atoms with Crippen molar-refractivity contribution < 1.29 is 9.47 Å². The molecular weight excluding hydrogens is 250 g/mol. The molecule has 0 radical (unpaired) electrons. The largest absolute Gasteiger partial charge is 0.491 e. The second-order valence-corrected chi connectivity index (χ2v) is 6.40. The van der Waals surface area contributed by atoms with E-state index in [4.69, 9.17) is 9.47 Å². The van der Waals surface area contributed by atoms with E-state index in [1.165, 1.54) is 24.9 Å². The number of para-hydroxylation sites is 1. The number of nitrogens with zero attached hydrogens (tertiary/aromatic N) is 1. The molecule has 0 bridgehead atoms. The third kappa shape index (κ3) is 3.53. The molecule has 20 heavy (non-hydrogen) atoms. The lowest BCUT2D eigenvalue weighted by molar-refractivity contribution is 0.116. The van der Waals surface area contributed by atoms with Crippen molar-refractivity contribution in [3.05, 3.63) is 29.8 Å². The highest BCUT2D eigenvalue weighted by Gasteiger charge is 2.34. The van der Waals surface area contributed by atoms with Gasteiger partial charge in [-0.15, -0.1) is 0 Å². The molecule has 112 valence electrons. The van der Waals surface area contributed by atoms with Gasteiger partial charge < -0.3 is 9.47 Å². The first-order chi connectivity index (χ1) is 9.54. The van der Waals surface area contributed by atoms with E-state index in [2.05, 4.69) is 43.9 Å². The van der Waals surface area contributed by atoms with Gasteiger partial charge in [0.05, 0.1) is 6.61 Å². The molecule has 1 aromatic carbocycles. The molecule has 1 aliphatic rings. The van der Waals surface area contributed by atoms with Crippen LogP contribution < -0.4 is 4.74 Å². The summed E-state index contributed by atoms with van der Waals surface area (Å²) in [5.41, 5.74) is 1.51. The Balaban J connectivity index is 2.19. The van der Waals surface area contributed by atoms with Crippen molar-refractivity contribution in [3.63, 3.8) is 0 Å². The topological polar surface area (TPSA) is 21.7 Å². The van der Waals surface area contributed by atoms with Gasteiger partial charge in [0, 0.05) is 24.3 Å². The average molecular weight is 277 g/mol. The number of ether oxygens (including phenoxy) is 2. The standard InChI is InChI=1S/C17H27NO2/c1-17(2,3)18-11-7-9-15(18)14-8-5-6-10-16(14)20-13-12-19-4/h5-6,8,10,15H,7,9,11-13H2,1-4H3. The zero-order valence-electron chi connectivity index (χ0n) is 13.2. The first kappa shape index (κ1) is 15.3. The molecule has 0 amide bonds. The number of hydrogen-bond donors (Lipinski definition) is 0. The molecule has 0 aliphatic carbocycles. The molecular formula is C17H27NO2. The summed E-state index contributed by atoms with van der Waals surface area (Å²) in [6, 6.07) is 8.90. The number of methoxy groups -OCH3 is 1. The van der Waals surface area contributed by atoms with E-state index in [9.17, 15) is 0 Å². The summed E-state index contributed by atoms with van der Waals surface area (Å²) in [7, 11) is 1.70. The van der Waals surface area contributed by atoms with E-state index in [0.717, 1.165) is 5.75 Å². The van der Waals surface area contributed by atoms with Crippen LogP contribution in [-0.2, 0) is 4.74 Å². The Hall–Kier alpha value is -1.06. The van der Waals surface area contributed by atoms with Gasteiger partial charge in [-0.2, -0.15) is 0 Å². The molecule has 0 N–H and O–H groups in total. The van der Waals surface area contributed by atoms with E-state index < -0.39 is 0 Å². The molecule has 1 heterocycles. The zero-order valence-corrected chi connectivity index (χ0v) is 13.2.